The van der Waals surface area contributed by atoms with Crippen LogP contribution in [0, 0.1) is 37.5 Å². The maximum Gasteiger partial charge on any atom is 0.338 e. The van der Waals surface area contributed by atoms with E-state index in [1.807, 2.05) is 26.0 Å². The molecule has 0 aliphatic rings. The molecular formula is C24H22O4. The van der Waals surface area contributed by atoms with Crippen molar-refractivity contribution in [3.63, 3.8) is 0 Å². The van der Waals surface area contributed by atoms with Crippen LogP contribution < -0.4 is 0 Å². The SMILES string of the molecule is CCOC(=O)c1ccc(C#CC#Cc2ccc(C(=O)OCC)c(C)c2)cc1C. The Bertz CT molecular complexity index is 927. The van der Waals surface area contributed by atoms with Gasteiger partial charge in [0.1, 0.15) is 0 Å². The van der Waals surface area contributed by atoms with Gasteiger partial charge in [0.15, 0.2) is 0 Å². The Labute approximate surface area is 165 Å². The molecule has 0 N–H and O–H groups in total. The van der Waals surface area contributed by atoms with Gasteiger partial charge in [-0.2, -0.15) is 0 Å². The first-order valence-electron chi connectivity index (χ1n) is 9.03. The average Bonchev–Trinajstić information content (AvgIpc) is 2.65. The van der Waals surface area contributed by atoms with Gasteiger partial charge in [0.05, 0.1) is 24.3 Å². The van der Waals surface area contributed by atoms with E-state index in [1.54, 1.807) is 38.1 Å². The zero-order chi connectivity index (χ0) is 20.5. The lowest BCUT2D eigenvalue weighted by Crippen LogP contribution is -2.06. The maximum atomic E-state index is 11.8. The smallest absolute Gasteiger partial charge is 0.338 e. The molecule has 0 amide bonds. The number of esters is 2. The normalized spacial score (nSPS) is 9.43. The summed E-state index contributed by atoms with van der Waals surface area (Å²) in [6.45, 7) is 7.93. The highest BCUT2D eigenvalue weighted by Gasteiger charge is 2.10. The summed E-state index contributed by atoms with van der Waals surface area (Å²) >= 11 is 0. The molecule has 2 rings (SSSR count). The van der Waals surface area contributed by atoms with Crippen LogP contribution >= 0.6 is 0 Å². The number of carbonyl (C=O) groups is 2. The van der Waals surface area contributed by atoms with E-state index < -0.39 is 0 Å². The Balaban J connectivity index is 2.13. The summed E-state index contributed by atoms with van der Waals surface area (Å²) in [7, 11) is 0. The molecular weight excluding hydrogens is 352 g/mol. The van der Waals surface area contributed by atoms with Crippen molar-refractivity contribution in [3.8, 4) is 23.7 Å². The Morgan fingerprint density at radius 1 is 0.750 bits per heavy atom. The second kappa shape index (κ2) is 10.00. The van der Waals surface area contributed by atoms with Gasteiger partial charge >= 0.3 is 11.9 Å². The Morgan fingerprint density at radius 2 is 1.14 bits per heavy atom. The predicted octanol–water partition coefficient (Wildman–Crippen LogP) is 4.06. The van der Waals surface area contributed by atoms with Crippen LogP contribution in [-0.2, 0) is 9.47 Å². The molecule has 2 aromatic rings. The minimum absolute atomic E-state index is 0.332. The lowest BCUT2D eigenvalue weighted by Gasteiger charge is -2.05. The van der Waals surface area contributed by atoms with E-state index in [9.17, 15) is 9.59 Å². The summed E-state index contributed by atoms with van der Waals surface area (Å²) in [6, 6.07) is 10.6. The first kappa shape index (κ1) is 20.8. The van der Waals surface area contributed by atoms with E-state index in [-0.39, 0.29) is 11.9 Å². The van der Waals surface area contributed by atoms with Gasteiger partial charge in [0.25, 0.3) is 0 Å². The second-order valence-electron chi connectivity index (χ2n) is 6.00. The van der Waals surface area contributed by atoms with Crippen molar-refractivity contribution in [2.75, 3.05) is 13.2 Å². The molecule has 0 bridgehead atoms. The highest BCUT2D eigenvalue weighted by Crippen LogP contribution is 2.13. The standard InChI is InChI=1S/C24H22O4/c1-5-27-23(25)21-13-11-19(15-17(21)3)9-7-8-10-20-12-14-22(18(4)16-20)24(26)28-6-2/h11-16H,5-6H2,1-4H3. The highest BCUT2D eigenvalue weighted by atomic mass is 16.5. The molecule has 0 aromatic heterocycles. The molecule has 0 spiro atoms. The Hall–Kier alpha value is -3.50. The van der Waals surface area contributed by atoms with Crippen molar-refractivity contribution < 1.29 is 19.1 Å². The average molecular weight is 374 g/mol. The largest absolute Gasteiger partial charge is 0.462 e. The lowest BCUT2D eigenvalue weighted by molar-refractivity contribution is 0.0516. The van der Waals surface area contributed by atoms with Crippen molar-refractivity contribution in [1.82, 2.24) is 0 Å². The fraction of sp³-hybridized carbons (Fsp3) is 0.250. The van der Waals surface area contributed by atoms with E-state index in [0.717, 1.165) is 22.3 Å². The van der Waals surface area contributed by atoms with Crippen LogP contribution in [0.1, 0.15) is 56.8 Å². The third-order valence-electron chi connectivity index (χ3n) is 3.92. The van der Waals surface area contributed by atoms with Gasteiger partial charge < -0.3 is 9.47 Å². The third kappa shape index (κ3) is 5.50. The van der Waals surface area contributed by atoms with Crippen LogP contribution in [0.3, 0.4) is 0 Å². The number of hydrogen-bond acceptors (Lipinski definition) is 4. The Kier molecular flexibility index (Phi) is 7.43. The van der Waals surface area contributed by atoms with E-state index in [4.69, 9.17) is 9.47 Å². The molecule has 0 fully saturated rings. The molecule has 0 saturated heterocycles. The zero-order valence-electron chi connectivity index (χ0n) is 16.5. The monoisotopic (exact) mass is 374 g/mol. The zero-order valence-corrected chi connectivity index (χ0v) is 16.5. The molecule has 4 nitrogen and oxygen atoms in total. The number of benzene rings is 2. The molecule has 0 aliphatic carbocycles. The molecule has 0 unspecified atom stereocenters. The van der Waals surface area contributed by atoms with E-state index in [1.165, 1.54) is 0 Å². The molecule has 2 aromatic carbocycles. The van der Waals surface area contributed by atoms with Crippen LogP contribution in [0.25, 0.3) is 0 Å². The summed E-state index contributed by atoms with van der Waals surface area (Å²) < 4.78 is 10.0. The summed E-state index contributed by atoms with van der Waals surface area (Å²) in [5.74, 6) is 10.9. The van der Waals surface area contributed by atoms with Crippen LogP contribution in [0.15, 0.2) is 36.4 Å². The number of hydrogen-bond donors (Lipinski definition) is 0. The molecule has 0 aliphatic heterocycles. The first-order valence-corrected chi connectivity index (χ1v) is 9.03. The van der Waals surface area contributed by atoms with Crippen molar-refractivity contribution in [2.24, 2.45) is 0 Å². The van der Waals surface area contributed by atoms with Gasteiger partial charge in [0.2, 0.25) is 0 Å². The molecule has 0 saturated carbocycles. The molecule has 142 valence electrons. The summed E-state index contributed by atoms with van der Waals surface area (Å²) in [4.78, 5) is 23.6. The number of aryl methyl sites for hydroxylation is 2. The van der Waals surface area contributed by atoms with Gasteiger partial charge in [-0.25, -0.2) is 9.59 Å². The van der Waals surface area contributed by atoms with Crippen LogP contribution in [-0.4, -0.2) is 25.2 Å². The van der Waals surface area contributed by atoms with E-state index >= 15 is 0 Å². The van der Waals surface area contributed by atoms with E-state index in [2.05, 4.69) is 23.7 Å². The van der Waals surface area contributed by atoms with Crippen molar-refractivity contribution >= 4 is 11.9 Å². The van der Waals surface area contributed by atoms with Gasteiger partial charge in [0, 0.05) is 11.1 Å². The first-order chi connectivity index (χ1) is 13.5. The van der Waals surface area contributed by atoms with Crippen LogP contribution in [0.4, 0.5) is 0 Å². The van der Waals surface area contributed by atoms with Crippen molar-refractivity contribution in [1.29, 1.82) is 0 Å². The van der Waals surface area contributed by atoms with Gasteiger partial charge in [-0.05, 0) is 87.1 Å². The summed E-state index contributed by atoms with van der Waals surface area (Å²) in [5.41, 5.74) is 4.24. The molecule has 0 radical (unpaired) electrons. The maximum absolute atomic E-state index is 11.8. The fourth-order valence-corrected chi connectivity index (χ4v) is 2.57. The number of carbonyl (C=O) groups excluding carboxylic acids is 2. The Morgan fingerprint density at radius 3 is 1.46 bits per heavy atom. The minimum Gasteiger partial charge on any atom is -0.462 e. The number of rotatable bonds is 4. The molecule has 0 atom stereocenters. The number of ether oxygens (including phenoxy) is 2. The highest BCUT2D eigenvalue weighted by molar-refractivity contribution is 5.91. The summed E-state index contributed by atoms with van der Waals surface area (Å²) in [6.07, 6.45) is 0. The quantitative estimate of drug-likeness (QED) is 0.598. The van der Waals surface area contributed by atoms with Gasteiger partial charge in [-0.3, -0.25) is 0 Å². The minimum atomic E-state index is -0.332. The topological polar surface area (TPSA) is 52.6 Å². The third-order valence-corrected chi connectivity index (χ3v) is 3.92. The van der Waals surface area contributed by atoms with Gasteiger partial charge in [-0.15, -0.1) is 0 Å². The predicted molar refractivity (Wildman–Crippen MR) is 108 cm³/mol. The summed E-state index contributed by atoms with van der Waals surface area (Å²) in [5, 5.41) is 0. The second-order valence-corrected chi connectivity index (χ2v) is 6.00. The fourth-order valence-electron chi connectivity index (χ4n) is 2.57. The van der Waals surface area contributed by atoms with Crippen molar-refractivity contribution in [3.05, 3.63) is 69.8 Å². The molecule has 0 heterocycles. The van der Waals surface area contributed by atoms with Crippen LogP contribution in [0.2, 0.25) is 0 Å². The van der Waals surface area contributed by atoms with Crippen LogP contribution in [0.5, 0.6) is 0 Å². The molecule has 4 heteroatoms. The van der Waals surface area contributed by atoms with Crippen molar-refractivity contribution in [2.45, 2.75) is 27.7 Å². The van der Waals surface area contributed by atoms with E-state index in [0.29, 0.717) is 24.3 Å². The van der Waals surface area contributed by atoms with Gasteiger partial charge in [-0.1, -0.05) is 11.8 Å². The molecule has 28 heavy (non-hydrogen) atoms. The lowest BCUT2D eigenvalue weighted by atomic mass is 10.0.